The molecule has 0 saturated heterocycles. The molecule has 0 aliphatic heterocycles. The summed E-state index contributed by atoms with van der Waals surface area (Å²) in [6.45, 7) is 8.24. The number of hydrogen-bond acceptors (Lipinski definition) is 5. The molecule has 34 heavy (non-hydrogen) atoms. The van der Waals surface area contributed by atoms with Crippen LogP contribution in [0.25, 0.3) is 0 Å². The second-order valence-electron chi connectivity index (χ2n) is 7.76. The summed E-state index contributed by atoms with van der Waals surface area (Å²) in [6, 6.07) is 13.5. The minimum atomic E-state index is -0.381. The molecular weight excluding hydrogens is 493 g/mol. The fraction of sp³-hybridized carbons (Fsp3) is 0.250. The summed E-state index contributed by atoms with van der Waals surface area (Å²) >= 11 is 13.3. The lowest BCUT2D eigenvalue weighted by Gasteiger charge is -2.22. The first-order chi connectivity index (χ1) is 16.3. The van der Waals surface area contributed by atoms with E-state index in [1.807, 2.05) is 36.6 Å². The molecule has 178 valence electrons. The van der Waals surface area contributed by atoms with Crippen LogP contribution in [0, 0.1) is 5.92 Å². The quantitative estimate of drug-likeness (QED) is 0.268. The van der Waals surface area contributed by atoms with Gasteiger partial charge in [-0.2, -0.15) is 0 Å². The van der Waals surface area contributed by atoms with Crippen molar-refractivity contribution in [2.75, 3.05) is 11.1 Å². The summed E-state index contributed by atoms with van der Waals surface area (Å²) in [7, 11) is 0. The number of anilines is 1. The number of allylic oxidation sites excluding steroid dienone is 1. The third-order valence-corrected chi connectivity index (χ3v) is 6.39. The summed E-state index contributed by atoms with van der Waals surface area (Å²) in [6.07, 6.45) is 1.72. The number of benzene rings is 2. The van der Waals surface area contributed by atoms with Gasteiger partial charge < -0.3 is 15.2 Å². The topological polar surface area (TPSA) is 88.9 Å². The summed E-state index contributed by atoms with van der Waals surface area (Å²) in [5.74, 6) is 0.272. The number of carbonyl (C=O) groups is 2. The first-order valence-electron chi connectivity index (χ1n) is 10.6. The molecule has 0 bridgehead atoms. The Hall–Kier alpha value is -2.81. The van der Waals surface area contributed by atoms with Crippen molar-refractivity contribution in [1.29, 1.82) is 0 Å². The zero-order valence-electron chi connectivity index (χ0n) is 18.8. The van der Waals surface area contributed by atoms with Crippen molar-refractivity contribution in [2.24, 2.45) is 5.92 Å². The highest BCUT2D eigenvalue weighted by molar-refractivity contribution is 7.99. The molecule has 2 N–H and O–H groups in total. The summed E-state index contributed by atoms with van der Waals surface area (Å²) in [5.41, 5.74) is 1.00. The first kappa shape index (κ1) is 25.8. The number of thioether (sulfide) groups is 1. The van der Waals surface area contributed by atoms with Crippen molar-refractivity contribution >= 4 is 52.5 Å². The average Bonchev–Trinajstić information content (AvgIpc) is 3.21. The zero-order chi connectivity index (χ0) is 24.7. The number of hydrogen-bond donors (Lipinski definition) is 2. The number of rotatable bonds is 10. The lowest BCUT2D eigenvalue weighted by atomic mass is 10.0. The van der Waals surface area contributed by atoms with Gasteiger partial charge in [0, 0.05) is 17.1 Å². The van der Waals surface area contributed by atoms with E-state index in [4.69, 9.17) is 23.2 Å². The molecule has 2 aromatic carbocycles. The molecule has 0 spiro atoms. The Morgan fingerprint density at radius 1 is 1.15 bits per heavy atom. The largest absolute Gasteiger partial charge is 0.342 e. The Balaban J connectivity index is 1.75. The van der Waals surface area contributed by atoms with Crippen LogP contribution >= 0.6 is 35.0 Å². The highest BCUT2D eigenvalue weighted by Crippen LogP contribution is 2.28. The van der Waals surface area contributed by atoms with Crippen molar-refractivity contribution < 1.29 is 9.59 Å². The first-order valence-corrected chi connectivity index (χ1v) is 12.3. The zero-order valence-corrected chi connectivity index (χ0v) is 21.1. The monoisotopic (exact) mass is 517 g/mol. The lowest BCUT2D eigenvalue weighted by molar-refractivity contribution is -0.113. The van der Waals surface area contributed by atoms with Gasteiger partial charge in [-0.25, -0.2) is 0 Å². The third kappa shape index (κ3) is 6.62. The molecule has 10 heteroatoms. The smallest absolute Gasteiger partial charge is 0.251 e. The SMILES string of the molecule is C=CCn1c(SCC(=O)Nc2cc(Cl)ccc2Cl)nnc1[C@H](NC(=O)c1ccccc1)C(C)C. The van der Waals surface area contributed by atoms with Gasteiger partial charge in [0.1, 0.15) is 0 Å². The Labute approximate surface area is 212 Å². The van der Waals surface area contributed by atoms with E-state index < -0.39 is 0 Å². The van der Waals surface area contributed by atoms with Gasteiger partial charge in [0.15, 0.2) is 11.0 Å². The molecule has 2 amide bonds. The van der Waals surface area contributed by atoms with E-state index in [1.165, 1.54) is 11.8 Å². The summed E-state index contributed by atoms with van der Waals surface area (Å²) in [4.78, 5) is 25.3. The Bertz CT molecular complexity index is 1170. The highest BCUT2D eigenvalue weighted by atomic mass is 35.5. The van der Waals surface area contributed by atoms with E-state index in [-0.39, 0.29) is 29.5 Å². The predicted octanol–water partition coefficient (Wildman–Crippen LogP) is 5.63. The van der Waals surface area contributed by atoms with Gasteiger partial charge in [-0.1, -0.05) is 73.1 Å². The van der Waals surface area contributed by atoms with E-state index >= 15 is 0 Å². The normalized spacial score (nSPS) is 11.8. The molecule has 0 aliphatic rings. The molecule has 0 aliphatic carbocycles. The number of halogens is 2. The van der Waals surface area contributed by atoms with Gasteiger partial charge in [-0.15, -0.1) is 16.8 Å². The molecule has 3 rings (SSSR count). The van der Waals surface area contributed by atoms with E-state index in [1.54, 1.807) is 36.4 Å². The van der Waals surface area contributed by atoms with Gasteiger partial charge in [-0.05, 0) is 36.2 Å². The van der Waals surface area contributed by atoms with Crippen molar-refractivity contribution in [3.05, 3.63) is 82.6 Å². The molecule has 3 aromatic rings. The molecule has 1 atom stereocenters. The second kappa shape index (κ2) is 12.1. The van der Waals surface area contributed by atoms with Crippen LogP contribution in [0.3, 0.4) is 0 Å². The number of nitrogens with one attached hydrogen (secondary N) is 2. The fourth-order valence-corrected chi connectivity index (χ4v) is 4.28. The van der Waals surface area contributed by atoms with Gasteiger partial charge in [0.2, 0.25) is 5.91 Å². The molecule has 0 saturated carbocycles. The van der Waals surface area contributed by atoms with E-state index in [0.717, 1.165) is 0 Å². The molecular formula is C24H25Cl2N5O2S. The second-order valence-corrected chi connectivity index (χ2v) is 9.55. The Morgan fingerprint density at radius 3 is 2.56 bits per heavy atom. The lowest BCUT2D eigenvalue weighted by Crippen LogP contribution is -2.33. The summed E-state index contributed by atoms with van der Waals surface area (Å²) < 4.78 is 1.85. The van der Waals surface area contributed by atoms with Gasteiger partial charge in [0.05, 0.1) is 22.5 Å². The molecule has 0 radical (unpaired) electrons. The predicted molar refractivity (Wildman–Crippen MR) is 138 cm³/mol. The molecule has 0 fully saturated rings. The highest BCUT2D eigenvalue weighted by Gasteiger charge is 2.26. The van der Waals surface area contributed by atoms with Gasteiger partial charge in [-0.3, -0.25) is 9.59 Å². The average molecular weight is 518 g/mol. The van der Waals surface area contributed by atoms with Crippen molar-refractivity contribution in [3.63, 3.8) is 0 Å². The van der Waals surface area contributed by atoms with E-state index in [2.05, 4.69) is 27.4 Å². The van der Waals surface area contributed by atoms with Gasteiger partial charge in [0.25, 0.3) is 5.91 Å². The maximum atomic E-state index is 12.8. The van der Waals surface area contributed by atoms with E-state index in [9.17, 15) is 9.59 Å². The molecule has 0 unspecified atom stereocenters. The van der Waals surface area contributed by atoms with Crippen LogP contribution in [0.4, 0.5) is 5.69 Å². The van der Waals surface area contributed by atoms with Crippen LogP contribution in [0.1, 0.15) is 36.1 Å². The van der Waals surface area contributed by atoms with Crippen LogP contribution < -0.4 is 10.6 Å². The molecule has 1 aromatic heterocycles. The minimum absolute atomic E-state index is 0.0477. The number of nitrogens with zero attached hydrogens (tertiary/aromatic N) is 3. The Morgan fingerprint density at radius 2 is 1.88 bits per heavy atom. The standard InChI is InChI=1S/C24H25Cl2N5O2S/c1-4-12-31-22(21(15(2)3)28-23(33)16-8-6-5-7-9-16)29-30-24(31)34-14-20(32)27-19-13-17(25)10-11-18(19)26/h4-11,13,15,21H,1,12,14H2,2-3H3,(H,27,32)(H,28,33)/t21-/m1/s1. The van der Waals surface area contributed by atoms with Crippen molar-refractivity contribution in [1.82, 2.24) is 20.1 Å². The van der Waals surface area contributed by atoms with E-state index in [0.29, 0.717) is 38.8 Å². The Kier molecular flexibility index (Phi) is 9.15. The van der Waals surface area contributed by atoms with Crippen LogP contribution in [0.2, 0.25) is 10.0 Å². The maximum Gasteiger partial charge on any atom is 0.251 e. The van der Waals surface area contributed by atoms with Crippen LogP contribution in [0.5, 0.6) is 0 Å². The number of carbonyl (C=O) groups excluding carboxylic acids is 2. The minimum Gasteiger partial charge on any atom is -0.342 e. The molecule has 7 nitrogen and oxygen atoms in total. The van der Waals surface area contributed by atoms with Crippen LogP contribution in [-0.2, 0) is 11.3 Å². The van der Waals surface area contributed by atoms with Crippen molar-refractivity contribution in [2.45, 2.75) is 31.6 Å². The fourth-order valence-electron chi connectivity index (χ4n) is 3.19. The summed E-state index contributed by atoms with van der Waals surface area (Å²) in [5, 5.41) is 15.9. The maximum absolute atomic E-state index is 12.8. The third-order valence-electron chi connectivity index (χ3n) is 4.86. The van der Waals surface area contributed by atoms with Crippen LogP contribution in [0.15, 0.2) is 66.3 Å². The van der Waals surface area contributed by atoms with Crippen molar-refractivity contribution in [3.8, 4) is 0 Å². The van der Waals surface area contributed by atoms with Crippen LogP contribution in [-0.4, -0.2) is 32.3 Å². The number of aromatic nitrogens is 3. The van der Waals surface area contributed by atoms with Gasteiger partial charge >= 0.3 is 0 Å². The molecule has 1 heterocycles. The number of amides is 2.